The van der Waals surface area contributed by atoms with E-state index in [2.05, 4.69) is 10.4 Å². The van der Waals surface area contributed by atoms with Gasteiger partial charge < -0.3 is 19.7 Å². The molecule has 1 aromatic carbocycles. The summed E-state index contributed by atoms with van der Waals surface area (Å²) in [5.74, 6) is 0.556. The molecule has 0 unspecified atom stereocenters. The van der Waals surface area contributed by atoms with E-state index in [1.165, 1.54) is 0 Å². The maximum Gasteiger partial charge on any atom is 0.359 e. The van der Waals surface area contributed by atoms with Gasteiger partial charge in [-0.1, -0.05) is 23.9 Å². The highest BCUT2D eigenvalue weighted by Gasteiger charge is 2.36. The number of ether oxygens (including phenoxy) is 2. The van der Waals surface area contributed by atoms with Crippen LogP contribution in [0.5, 0.6) is 5.75 Å². The molecular formula is C21H24N4O5S. The third kappa shape index (κ3) is 4.39. The van der Waals surface area contributed by atoms with Gasteiger partial charge in [0.05, 0.1) is 20.3 Å². The molecule has 1 atom stereocenters. The summed E-state index contributed by atoms with van der Waals surface area (Å²) < 4.78 is 12.2. The first kappa shape index (κ1) is 21.2. The second kappa shape index (κ2) is 9.01. The topological polar surface area (TPSA) is 103 Å². The molecule has 0 bridgehead atoms. The number of rotatable bonds is 6. The minimum Gasteiger partial charge on any atom is -0.497 e. The predicted octanol–water partition coefficient (Wildman–Crippen LogP) is 1.83. The van der Waals surface area contributed by atoms with E-state index < -0.39 is 12.0 Å². The van der Waals surface area contributed by atoms with Crippen LogP contribution in [0.2, 0.25) is 0 Å². The number of thioether (sulfide) groups is 1. The lowest BCUT2D eigenvalue weighted by Crippen LogP contribution is -2.47. The Balaban J connectivity index is 1.60. The molecule has 1 N–H and O–H groups in total. The molecule has 2 aromatic rings. The zero-order valence-corrected chi connectivity index (χ0v) is 18.2. The molecule has 3 heterocycles. The molecule has 31 heavy (non-hydrogen) atoms. The van der Waals surface area contributed by atoms with Crippen LogP contribution in [0.25, 0.3) is 0 Å². The molecule has 1 saturated heterocycles. The monoisotopic (exact) mass is 444 g/mol. The van der Waals surface area contributed by atoms with Crippen molar-refractivity contribution in [3.8, 4) is 5.75 Å². The second-order valence-corrected chi connectivity index (χ2v) is 8.30. The van der Waals surface area contributed by atoms with Crippen molar-refractivity contribution in [1.29, 1.82) is 0 Å². The number of fused-ring (bicyclic) bond motifs is 1. The number of nitrogens with zero attached hydrogens (tertiary/aromatic N) is 3. The Morgan fingerprint density at radius 3 is 2.71 bits per heavy atom. The first-order valence-electron chi connectivity index (χ1n) is 10.1. The van der Waals surface area contributed by atoms with E-state index in [0.29, 0.717) is 30.8 Å². The molecule has 0 spiro atoms. The number of amides is 2. The molecule has 2 aliphatic rings. The third-order valence-electron chi connectivity index (χ3n) is 5.38. The summed E-state index contributed by atoms with van der Waals surface area (Å²) in [5.41, 5.74) is 2.90. The molecule has 2 aliphatic heterocycles. The number of aromatic nitrogens is 2. The van der Waals surface area contributed by atoms with Crippen molar-refractivity contribution < 1.29 is 23.9 Å². The molecule has 0 saturated carbocycles. The maximum absolute atomic E-state index is 12.9. The summed E-state index contributed by atoms with van der Waals surface area (Å²) in [6, 6.07) is 7.14. The Hall–Kier alpha value is -3.01. The molecule has 1 fully saturated rings. The van der Waals surface area contributed by atoms with Gasteiger partial charge in [-0.3, -0.25) is 14.3 Å². The van der Waals surface area contributed by atoms with Gasteiger partial charge in [0.15, 0.2) is 5.69 Å². The van der Waals surface area contributed by atoms with E-state index in [-0.39, 0.29) is 30.0 Å². The highest BCUT2D eigenvalue weighted by Crippen LogP contribution is 2.26. The number of nitrogens with one attached hydrogen (secondary N) is 1. The molecule has 0 aliphatic carbocycles. The lowest BCUT2D eigenvalue weighted by atomic mass is 10.0. The number of benzene rings is 1. The van der Waals surface area contributed by atoms with Gasteiger partial charge in [0.25, 0.3) is 5.24 Å². The number of hydrogen-bond acceptors (Lipinski definition) is 7. The van der Waals surface area contributed by atoms with Crippen LogP contribution in [0.15, 0.2) is 24.3 Å². The van der Waals surface area contributed by atoms with Crippen molar-refractivity contribution in [1.82, 2.24) is 20.0 Å². The number of esters is 1. The van der Waals surface area contributed by atoms with Gasteiger partial charge in [-0.05, 0) is 24.6 Å². The van der Waals surface area contributed by atoms with Crippen molar-refractivity contribution in [3.63, 3.8) is 0 Å². The summed E-state index contributed by atoms with van der Waals surface area (Å²) in [7, 11) is 1.62. The van der Waals surface area contributed by atoms with Gasteiger partial charge in [-0.25, -0.2) is 4.79 Å². The van der Waals surface area contributed by atoms with Crippen molar-refractivity contribution >= 4 is 28.9 Å². The van der Waals surface area contributed by atoms with Crippen LogP contribution in [-0.4, -0.2) is 63.9 Å². The van der Waals surface area contributed by atoms with Gasteiger partial charge in [0, 0.05) is 36.5 Å². The minimum absolute atomic E-state index is 0.137. The molecule has 10 heteroatoms. The summed E-state index contributed by atoms with van der Waals surface area (Å²) in [4.78, 5) is 38.6. The van der Waals surface area contributed by atoms with Crippen molar-refractivity contribution in [2.24, 2.45) is 0 Å². The van der Waals surface area contributed by atoms with Crippen molar-refractivity contribution in [2.45, 2.75) is 32.5 Å². The molecule has 4 rings (SSSR count). The van der Waals surface area contributed by atoms with Crippen LogP contribution in [0.1, 0.15) is 34.2 Å². The van der Waals surface area contributed by atoms with Gasteiger partial charge in [-0.2, -0.15) is 5.10 Å². The van der Waals surface area contributed by atoms with Gasteiger partial charge in [0.1, 0.15) is 11.8 Å². The quantitative estimate of drug-likeness (QED) is 0.678. The largest absolute Gasteiger partial charge is 0.497 e. The van der Waals surface area contributed by atoms with Crippen LogP contribution in [0, 0.1) is 0 Å². The molecule has 9 nitrogen and oxygen atoms in total. The Bertz CT molecular complexity index is 1000. The smallest absolute Gasteiger partial charge is 0.359 e. The molecular weight excluding hydrogens is 420 g/mol. The Morgan fingerprint density at radius 1 is 1.29 bits per heavy atom. The predicted molar refractivity (Wildman–Crippen MR) is 114 cm³/mol. The first-order valence-corrected chi connectivity index (χ1v) is 11.1. The Kier molecular flexibility index (Phi) is 6.17. The minimum atomic E-state index is -0.528. The van der Waals surface area contributed by atoms with Crippen LogP contribution in [0.3, 0.4) is 0 Å². The molecule has 164 valence electrons. The molecule has 1 aromatic heterocycles. The highest BCUT2D eigenvalue weighted by molar-refractivity contribution is 8.14. The number of hydrogen-bond donors (Lipinski definition) is 1. The number of methoxy groups -OCH3 is 1. The zero-order chi connectivity index (χ0) is 22.0. The third-order valence-corrected chi connectivity index (χ3v) is 6.26. The lowest BCUT2D eigenvalue weighted by Gasteiger charge is -2.29. The van der Waals surface area contributed by atoms with Crippen LogP contribution >= 0.6 is 11.8 Å². The first-order chi connectivity index (χ1) is 15.0. The lowest BCUT2D eigenvalue weighted by molar-refractivity contribution is -0.133. The maximum atomic E-state index is 12.9. The van der Waals surface area contributed by atoms with Crippen molar-refractivity contribution in [3.05, 3.63) is 46.8 Å². The summed E-state index contributed by atoms with van der Waals surface area (Å²) >= 11 is 1.11. The summed E-state index contributed by atoms with van der Waals surface area (Å²) in [6.45, 7) is 3.25. The van der Waals surface area contributed by atoms with Crippen LogP contribution < -0.4 is 10.1 Å². The Labute approximate surface area is 184 Å². The summed E-state index contributed by atoms with van der Waals surface area (Å²) in [6.07, 6.45) is 0.567. The standard InChI is InChI=1S/C21H24N4O5S/c1-3-30-20(27)18-15-11-24(19(26)16-12-31-21(28)22-16)9-8-17(15)25(23-18)10-13-4-6-14(29-2)7-5-13/h4-7,16H,3,8-12H2,1-2H3,(H,22,28)/t16-/m0/s1. The van der Waals surface area contributed by atoms with Gasteiger partial charge >= 0.3 is 5.97 Å². The molecule has 2 amide bonds. The Morgan fingerprint density at radius 2 is 2.06 bits per heavy atom. The van der Waals surface area contributed by atoms with E-state index >= 15 is 0 Å². The van der Waals surface area contributed by atoms with Crippen LogP contribution in [0.4, 0.5) is 4.79 Å². The van der Waals surface area contributed by atoms with E-state index in [0.717, 1.165) is 28.8 Å². The van der Waals surface area contributed by atoms with Gasteiger partial charge in [-0.15, -0.1) is 0 Å². The fourth-order valence-corrected chi connectivity index (χ4v) is 4.58. The fourth-order valence-electron chi connectivity index (χ4n) is 3.82. The van der Waals surface area contributed by atoms with Crippen molar-refractivity contribution in [2.75, 3.05) is 26.0 Å². The van der Waals surface area contributed by atoms with E-state index in [1.54, 1.807) is 18.9 Å². The number of carbonyl (C=O) groups excluding carboxylic acids is 3. The fraction of sp³-hybridized carbons (Fsp3) is 0.429. The SMILES string of the molecule is CCOC(=O)c1nn(Cc2ccc(OC)cc2)c2c1CN(C(=O)[C@@H]1CSC(=O)N1)CC2. The second-order valence-electron chi connectivity index (χ2n) is 7.31. The van der Waals surface area contributed by atoms with E-state index in [4.69, 9.17) is 9.47 Å². The van der Waals surface area contributed by atoms with Crippen LogP contribution in [-0.2, 0) is 29.0 Å². The number of carbonyl (C=O) groups is 3. The summed E-state index contributed by atoms with van der Waals surface area (Å²) in [5, 5.41) is 7.06. The zero-order valence-electron chi connectivity index (χ0n) is 17.4. The average molecular weight is 445 g/mol. The van der Waals surface area contributed by atoms with E-state index in [9.17, 15) is 14.4 Å². The normalized spacial score (nSPS) is 17.8. The highest BCUT2D eigenvalue weighted by atomic mass is 32.2. The molecule has 0 radical (unpaired) electrons. The van der Waals surface area contributed by atoms with E-state index in [1.807, 2.05) is 28.9 Å². The van der Waals surface area contributed by atoms with Gasteiger partial charge in [0.2, 0.25) is 5.91 Å². The average Bonchev–Trinajstić information content (AvgIpc) is 3.37.